The highest BCUT2D eigenvalue weighted by atomic mass is 16.5. The largest absolute Gasteiger partial charge is 0.496 e. The maximum Gasteiger partial charge on any atom is 0.122 e. The third-order valence-corrected chi connectivity index (χ3v) is 6.12. The van der Waals surface area contributed by atoms with Crippen LogP contribution in [0.3, 0.4) is 0 Å². The van der Waals surface area contributed by atoms with Crippen LogP contribution in [0.2, 0.25) is 0 Å². The zero-order chi connectivity index (χ0) is 18.9. The van der Waals surface area contributed by atoms with E-state index in [0.29, 0.717) is 5.92 Å². The van der Waals surface area contributed by atoms with Crippen molar-refractivity contribution < 1.29 is 4.74 Å². The number of ether oxygens (including phenoxy) is 1. The van der Waals surface area contributed by atoms with E-state index in [2.05, 4.69) is 83.8 Å². The number of rotatable bonds is 4. The van der Waals surface area contributed by atoms with Crippen LogP contribution in [0.4, 0.5) is 0 Å². The van der Waals surface area contributed by atoms with Gasteiger partial charge >= 0.3 is 0 Å². The fraction of sp³-hybridized carbons (Fsp3) is 0.231. The molecule has 2 aliphatic rings. The molecule has 0 N–H and O–H groups in total. The number of methoxy groups -OCH3 is 1. The summed E-state index contributed by atoms with van der Waals surface area (Å²) < 4.78 is 5.73. The molecule has 0 spiro atoms. The van der Waals surface area contributed by atoms with Gasteiger partial charge in [0.1, 0.15) is 5.75 Å². The summed E-state index contributed by atoms with van der Waals surface area (Å²) in [7, 11) is 1.79. The second-order valence-corrected chi connectivity index (χ2v) is 7.79. The number of fused-ring (bicyclic) bond motifs is 2. The van der Waals surface area contributed by atoms with E-state index in [1.807, 2.05) is 0 Å². The first-order valence-corrected chi connectivity index (χ1v) is 10.0. The first-order chi connectivity index (χ1) is 13.8. The predicted molar refractivity (Wildman–Crippen MR) is 115 cm³/mol. The van der Waals surface area contributed by atoms with Gasteiger partial charge in [0.25, 0.3) is 0 Å². The molecular formula is C26H25NO. The lowest BCUT2D eigenvalue weighted by Gasteiger charge is -2.28. The molecule has 3 aromatic rings. The summed E-state index contributed by atoms with van der Waals surface area (Å²) >= 11 is 0. The van der Waals surface area contributed by atoms with Gasteiger partial charge in [0.15, 0.2) is 0 Å². The Balaban J connectivity index is 1.54. The predicted octanol–water partition coefficient (Wildman–Crippen LogP) is 5.30. The maximum atomic E-state index is 5.73. The van der Waals surface area contributed by atoms with E-state index < -0.39 is 0 Å². The highest BCUT2D eigenvalue weighted by Gasteiger charge is 2.35. The molecule has 1 aliphatic carbocycles. The molecule has 1 aliphatic heterocycles. The molecule has 140 valence electrons. The second-order valence-electron chi connectivity index (χ2n) is 7.79. The van der Waals surface area contributed by atoms with E-state index >= 15 is 0 Å². The topological polar surface area (TPSA) is 12.5 Å². The molecule has 5 rings (SSSR count). The molecule has 3 aromatic carbocycles. The van der Waals surface area contributed by atoms with Crippen molar-refractivity contribution >= 4 is 5.57 Å². The summed E-state index contributed by atoms with van der Waals surface area (Å²) in [6.45, 7) is 3.04. The summed E-state index contributed by atoms with van der Waals surface area (Å²) in [4.78, 5) is 2.57. The highest BCUT2D eigenvalue weighted by Crippen LogP contribution is 2.46. The van der Waals surface area contributed by atoms with Crippen LogP contribution in [-0.4, -0.2) is 25.1 Å². The van der Waals surface area contributed by atoms with Gasteiger partial charge in [-0.2, -0.15) is 0 Å². The average molecular weight is 367 g/mol. The summed E-state index contributed by atoms with van der Waals surface area (Å²) in [6, 6.07) is 28.3. The van der Waals surface area contributed by atoms with Crippen LogP contribution >= 0.6 is 0 Å². The van der Waals surface area contributed by atoms with Gasteiger partial charge in [-0.3, -0.25) is 4.90 Å². The summed E-state index contributed by atoms with van der Waals surface area (Å²) in [6.07, 6.45) is 1.02. The van der Waals surface area contributed by atoms with Crippen molar-refractivity contribution in [3.8, 4) is 5.75 Å². The molecule has 28 heavy (non-hydrogen) atoms. The Labute approximate surface area is 167 Å². The fourth-order valence-electron chi connectivity index (χ4n) is 4.83. The number of hydrogen-bond acceptors (Lipinski definition) is 2. The SMILES string of the molecule is COc1cccc2c1CC(c1ccccc1)C1=C2CN(Cc2ccccc2)C1. The Hall–Kier alpha value is -2.84. The van der Waals surface area contributed by atoms with E-state index in [1.54, 1.807) is 12.7 Å². The molecular weight excluding hydrogens is 342 g/mol. The third kappa shape index (κ3) is 3.04. The normalized spacial score (nSPS) is 18.7. The minimum atomic E-state index is 0.431. The van der Waals surface area contributed by atoms with E-state index in [1.165, 1.54) is 27.8 Å². The first-order valence-electron chi connectivity index (χ1n) is 10.0. The zero-order valence-electron chi connectivity index (χ0n) is 16.3. The Morgan fingerprint density at radius 2 is 1.61 bits per heavy atom. The van der Waals surface area contributed by atoms with Crippen molar-refractivity contribution in [1.82, 2.24) is 4.90 Å². The fourth-order valence-corrected chi connectivity index (χ4v) is 4.83. The molecule has 0 aromatic heterocycles. The van der Waals surface area contributed by atoms with Crippen molar-refractivity contribution in [3.05, 3.63) is 107 Å². The Bertz CT molecular complexity index is 1010. The van der Waals surface area contributed by atoms with Gasteiger partial charge in [0.2, 0.25) is 0 Å². The van der Waals surface area contributed by atoms with Gasteiger partial charge in [-0.1, -0.05) is 72.8 Å². The van der Waals surface area contributed by atoms with Gasteiger partial charge in [0.05, 0.1) is 7.11 Å². The van der Waals surface area contributed by atoms with Gasteiger partial charge in [-0.05, 0) is 40.3 Å². The molecule has 2 nitrogen and oxygen atoms in total. The molecule has 0 bridgehead atoms. The summed E-state index contributed by atoms with van der Waals surface area (Å²) in [5, 5.41) is 0. The average Bonchev–Trinajstić information content (AvgIpc) is 3.18. The monoisotopic (exact) mass is 367 g/mol. The zero-order valence-corrected chi connectivity index (χ0v) is 16.3. The Morgan fingerprint density at radius 3 is 2.36 bits per heavy atom. The van der Waals surface area contributed by atoms with Gasteiger partial charge < -0.3 is 4.74 Å². The molecule has 0 saturated carbocycles. The smallest absolute Gasteiger partial charge is 0.122 e. The molecule has 0 saturated heterocycles. The third-order valence-electron chi connectivity index (χ3n) is 6.12. The molecule has 1 atom stereocenters. The van der Waals surface area contributed by atoms with E-state index in [-0.39, 0.29) is 0 Å². The minimum absolute atomic E-state index is 0.431. The van der Waals surface area contributed by atoms with Crippen LogP contribution in [0.15, 0.2) is 84.4 Å². The van der Waals surface area contributed by atoms with Crippen LogP contribution in [0.1, 0.15) is 28.2 Å². The van der Waals surface area contributed by atoms with Gasteiger partial charge in [-0.15, -0.1) is 0 Å². The van der Waals surface area contributed by atoms with E-state index in [0.717, 1.165) is 31.8 Å². The quantitative estimate of drug-likeness (QED) is 0.620. The van der Waals surface area contributed by atoms with Crippen LogP contribution in [0.25, 0.3) is 5.57 Å². The van der Waals surface area contributed by atoms with Crippen LogP contribution < -0.4 is 4.74 Å². The second kappa shape index (κ2) is 7.29. The lowest BCUT2D eigenvalue weighted by Crippen LogP contribution is -2.21. The number of benzene rings is 3. The van der Waals surface area contributed by atoms with Gasteiger partial charge in [-0.25, -0.2) is 0 Å². The summed E-state index contributed by atoms with van der Waals surface area (Å²) in [5.41, 5.74) is 8.63. The van der Waals surface area contributed by atoms with Crippen molar-refractivity contribution in [2.45, 2.75) is 18.9 Å². The molecule has 1 heterocycles. The molecule has 0 fully saturated rings. The summed E-state index contributed by atoms with van der Waals surface area (Å²) in [5.74, 6) is 1.45. The lowest BCUT2D eigenvalue weighted by atomic mass is 9.76. The van der Waals surface area contributed by atoms with Crippen molar-refractivity contribution in [3.63, 3.8) is 0 Å². The maximum absolute atomic E-state index is 5.73. The molecule has 2 heteroatoms. The highest BCUT2D eigenvalue weighted by molar-refractivity contribution is 5.79. The Kier molecular flexibility index (Phi) is 4.50. The van der Waals surface area contributed by atoms with E-state index in [9.17, 15) is 0 Å². The number of hydrogen-bond donors (Lipinski definition) is 0. The minimum Gasteiger partial charge on any atom is -0.496 e. The lowest BCUT2D eigenvalue weighted by molar-refractivity contribution is 0.340. The molecule has 1 unspecified atom stereocenters. The van der Waals surface area contributed by atoms with Crippen molar-refractivity contribution in [2.75, 3.05) is 20.2 Å². The van der Waals surface area contributed by atoms with Crippen molar-refractivity contribution in [1.29, 1.82) is 0 Å². The van der Waals surface area contributed by atoms with Gasteiger partial charge in [0, 0.05) is 31.1 Å². The van der Waals surface area contributed by atoms with Crippen LogP contribution in [0.5, 0.6) is 5.75 Å². The van der Waals surface area contributed by atoms with Crippen LogP contribution in [-0.2, 0) is 13.0 Å². The van der Waals surface area contributed by atoms with Crippen LogP contribution in [0, 0.1) is 0 Å². The molecule has 0 radical (unpaired) electrons. The Morgan fingerprint density at radius 1 is 0.857 bits per heavy atom. The standard InChI is InChI=1S/C26H25NO/c1-28-26-14-8-13-21-23(26)15-22(20-11-6-3-7-12-20)25-18-27(17-24(21)25)16-19-9-4-2-5-10-19/h2-14,22H,15-18H2,1H3. The van der Waals surface area contributed by atoms with Crippen molar-refractivity contribution in [2.24, 2.45) is 0 Å². The number of nitrogens with zero attached hydrogens (tertiary/aromatic N) is 1. The van der Waals surface area contributed by atoms with E-state index in [4.69, 9.17) is 4.74 Å². The molecule has 0 amide bonds. The first kappa shape index (κ1) is 17.3.